The summed E-state index contributed by atoms with van der Waals surface area (Å²) in [6, 6.07) is 13.7. The number of benzene rings is 2. The minimum absolute atomic E-state index is 0.0466. The molecule has 2 N–H and O–H groups in total. The van der Waals surface area contributed by atoms with Gasteiger partial charge in [-0.3, -0.25) is 4.79 Å². The summed E-state index contributed by atoms with van der Waals surface area (Å²) >= 11 is 1.40. The molecule has 1 aromatic heterocycles. The molecule has 0 bridgehead atoms. The molecule has 0 spiro atoms. The lowest BCUT2D eigenvalue weighted by atomic mass is 10.1. The summed E-state index contributed by atoms with van der Waals surface area (Å²) < 4.78 is 5.51. The Bertz CT molecular complexity index is 890. The average molecular weight is 369 g/mol. The number of anilines is 1. The number of hydrogen-bond donors (Lipinski definition) is 2. The molecule has 0 saturated carbocycles. The molecule has 0 saturated heterocycles. The molecule has 1 unspecified atom stereocenters. The van der Waals surface area contributed by atoms with Gasteiger partial charge in [-0.2, -0.15) is 0 Å². The molecule has 0 aliphatic carbocycles. The average Bonchev–Trinajstić information content (AvgIpc) is 3.04. The predicted octanol–water partition coefficient (Wildman–Crippen LogP) is 4.64. The molecule has 3 aromatic rings. The highest BCUT2D eigenvalue weighted by atomic mass is 32.2. The van der Waals surface area contributed by atoms with Gasteiger partial charge < -0.3 is 15.0 Å². The number of ether oxygens (including phenoxy) is 1. The fraction of sp³-hybridized carbons (Fsp3) is 0.300. The van der Waals surface area contributed by atoms with Crippen LogP contribution in [0.1, 0.15) is 26.3 Å². The van der Waals surface area contributed by atoms with Crippen LogP contribution in [0.3, 0.4) is 0 Å². The van der Waals surface area contributed by atoms with E-state index >= 15 is 0 Å². The zero-order valence-electron chi connectivity index (χ0n) is 15.2. The van der Waals surface area contributed by atoms with Gasteiger partial charge in [-0.05, 0) is 50.1 Å². The number of fused-ring (bicyclic) bond motifs is 1. The zero-order chi connectivity index (χ0) is 18.5. The monoisotopic (exact) mass is 369 g/mol. The summed E-state index contributed by atoms with van der Waals surface area (Å²) in [5, 5.41) is 3.40. The van der Waals surface area contributed by atoms with E-state index in [0.29, 0.717) is 6.61 Å². The Hall–Kier alpha value is -2.47. The fourth-order valence-corrected chi connectivity index (χ4v) is 3.39. The second-order valence-corrected chi connectivity index (χ2v) is 7.28. The molecule has 1 amide bonds. The molecule has 1 heterocycles. The number of carbonyl (C=O) groups is 1. The van der Waals surface area contributed by atoms with Crippen molar-refractivity contribution in [3.63, 3.8) is 0 Å². The van der Waals surface area contributed by atoms with Crippen molar-refractivity contribution in [2.75, 3.05) is 11.9 Å². The molecular weight excluding hydrogens is 346 g/mol. The van der Waals surface area contributed by atoms with E-state index in [1.807, 2.05) is 56.3 Å². The van der Waals surface area contributed by atoms with Crippen LogP contribution in [0.4, 0.5) is 5.69 Å². The minimum atomic E-state index is -0.271. The third-order valence-corrected chi connectivity index (χ3v) is 5.01. The molecule has 0 fully saturated rings. The van der Waals surface area contributed by atoms with Gasteiger partial charge in [0.25, 0.3) is 0 Å². The van der Waals surface area contributed by atoms with Crippen LogP contribution in [-0.2, 0) is 11.2 Å². The lowest BCUT2D eigenvalue weighted by Gasteiger charge is -2.10. The van der Waals surface area contributed by atoms with E-state index in [4.69, 9.17) is 4.74 Å². The van der Waals surface area contributed by atoms with Crippen LogP contribution in [0.5, 0.6) is 5.75 Å². The Morgan fingerprint density at radius 1 is 1.23 bits per heavy atom. The largest absolute Gasteiger partial charge is 0.494 e. The number of hydrogen-bond acceptors (Lipinski definition) is 4. The first-order valence-electron chi connectivity index (χ1n) is 8.78. The number of aromatic nitrogens is 2. The molecule has 26 heavy (non-hydrogen) atoms. The van der Waals surface area contributed by atoms with Crippen molar-refractivity contribution in [3.05, 3.63) is 48.0 Å². The van der Waals surface area contributed by atoms with E-state index < -0.39 is 0 Å². The van der Waals surface area contributed by atoms with Crippen molar-refractivity contribution < 1.29 is 9.53 Å². The molecule has 0 aliphatic rings. The van der Waals surface area contributed by atoms with Crippen LogP contribution in [-0.4, -0.2) is 27.7 Å². The molecule has 136 valence electrons. The van der Waals surface area contributed by atoms with Gasteiger partial charge in [-0.15, -0.1) is 0 Å². The molecule has 1 atom stereocenters. The first kappa shape index (κ1) is 18.3. The molecule has 0 radical (unpaired) electrons. The van der Waals surface area contributed by atoms with Crippen LogP contribution >= 0.6 is 11.8 Å². The fourth-order valence-electron chi connectivity index (χ4n) is 2.57. The maximum Gasteiger partial charge on any atom is 0.237 e. The van der Waals surface area contributed by atoms with Gasteiger partial charge >= 0.3 is 0 Å². The zero-order valence-corrected chi connectivity index (χ0v) is 16.0. The maximum absolute atomic E-state index is 12.4. The predicted molar refractivity (Wildman–Crippen MR) is 107 cm³/mol. The number of aryl methyl sites for hydroxylation is 1. The summed E-state index contributed by atoms with van der Waals surface area (Å²) in [5.41, 5.74) is 3.82. The summed E-state index contributed by atoms with van der Waals surface area (Å²) in [7, 11) is 0. The minimum Gasteiger partial charge on any atom is -0.494 e. The number of nitrogens with one attached hydrogen (secondary N) is 2. The summed E-state index contributed by atoms with van der Waals surface area (Å²) in [5.74, 6) is 0.760. The lowest BCUT2D eigenvalue weighted by Crippen LogP contribution is -2.22. The van der Waals surface area contributed by atoms with E-state index in [2.05, 4.69) is 22.2 Å². The highest BCUT2D eigenvalue weighted by molar-refractivity contribution is 8.00. The normalized spacial score (nSPS) is 12.1. The molecular formula is C20H23N3O2S. The SMILES string of the molecule is CCOc1ccc2nc(SC(C)C(=O)Nc3ccc(CC)cc3)[nH]c2c1. The van der Waals surface area contributed by atoms with Gasteiger partial charge in [0.15, 0.2) is 5.16 Å². The molecule has 6 heteroatoms. The van der Waals surface area contributed by atoms with Crippen molar-refractivity contribution in [1.29, 1.82) is 0 Å². The van der Waals surface area contributed by atoms with Gasteiger partial charge in [-0.25, -0.2) is 4.98 Å². The second kappa shape index (κ2) is 8.27. The van der Waals surface area contributed by atoms with Crippen LogP contribution in [0.25, 0.3) is 11.0 Å². The van der Waals surface area contributed by atoms with Gasteiger partial charge in [0.2, 0.25) is 5.91 Å². The summed E-state index contributed by atoms with van der Waals surface area (Å²) in [4.78, 5) is 20.2. The van der Waals surface area contributed by atoms with Crippen LogP contribution in [0, 0.1) is 0 Å². The summed E-state index contributed by atoms with van der Waals surface area (Å²) in [6.45, 7) is 6.56. The van der Waals surface area contributed by atoms with Crippen LogP contribution < -0.4 is 10.1 Å². The Morgan fingerprint density at radius 2 is 2.00 bits per heavy atom. The number of nitrogens with zero attached hydrogens (tertiary/aromatic N) is 1. The van der Waals surface area contributed by atoms with E-state index in [1.54, 1.807) is 0 Å². The lowest BCUT2D eigenvalue weighted by molar-refractivity contribution is -0.115. The van der Waals surface area contributed by atoms with Crippen LogP contribution in [0.2, 0.25) is 0 Å². The molecule has 0 aliphatic heterocycles. The Balaban J connectivity index is 1.65. The Labute approximate surface area is 157 Å². The van der Waals surface area contributed by atoms with E-state index in [9.17, 15) is 4.79 Å². The number of carbonyl (C=O) groups excluding carboxylic acids is 1. The Morgan fingerprint density at radius 3 is 2.69 bits per heavy atom. The number of amides is 1. The third-order valence-electron chi connectivity index (χ3n) is 4.03. The molecule has 5 nitrogen and oxygen atoms in total. The number of imidazole rings is 1. The second-order valence-electron chi connectivity index (χ2n) is 5.95. The highest BCUT2D eigenvalue weighted by Crippen LogP contribution is 2.26. The van der Waals surface area contributed by atoms with Crippen molar-refractivity contribution in [2.24, 2.45) is 0 Å². The third kappa shape index (κ3) is 4.38. The standard InChI is InChI=1S/C20H23N3O2S/c1-4-14-6-8-15(9-7-14)21-19(24)13(3)26-20-22-17-11-10-16(25-5-2)12-18(17)23-20/h6-13H,4-5H2,1-3H3,(H,21,24)(H,22,23). The highest BCUT2D eigenvalue weighted by Gasteiger charge is 2.17. The summed E-state index contributed by atoms with van der Waals surface area (Å²) in [6.07, 6.45) is 0.984. The van der Waals surface area contributed by atoms with E-state index in [1.165, 1.54) is 17.3 Å². The smallest absolute Gasteiger partial charge is 0.237 e. The number of thioether (sulfide) groups is 1. The topological polar surface area (TPSA) is 67.0 Å². The van der Waals surface area contributed by atoms with Crippen molar-refractivity contribution in [3.8, 4) is 5.75 Å². The molecule has 3 rings (SSSR count). The van der Waals surface area contributed by atoms with Crippen molar-refractivity contribution in [1.82, 2.24) is 9.97 Å². The van der Waals surface area contributed by atoms with Gasteiger partial charge in [0.1, 0.15) is 5.75 Å². The van der Waals surface area contributed by atoms with E-state index in [-0.39, 0.29) is 11.2 Å². The first-order chi connectivity index (χ1) is 12.6. The van der Waals surface area contributed by atoms with Gasteiger partial charge in [0.05, 0.1) is 22.9 Å². The Kier molecular flexibility index (Phi) is 5.83. The van der Waals surface area contributed by atoms with E-state index in [0.717, 1.165) is 34.0 Å². The maximum atomic E-state index is 12.4. The van der Waals surface area contributed by atoms with Crippen molar-refractivity contribution >= 4 is 34.4 Å². The van der Waals surface area contributed by atoms with Gasteiger partial charge in [-0.1, -0.05) is 30.8 Å². The number of rotatable bonds is 7. The van der Waals surface area contributed by atoms with Gasteiger partial charge in [0, 0.05) is 11.8 Å². The first-order valence-corrected chi connectivity index (χ1v) is 9.66. The van der Waals surface area contributed by atoms with Crippen LogP contribution in [0.15, 0.2) is 47.6 Å². The van der Waals surface area contributed by atoms with Crippen molar-refractivity contribution in [2.45, 2.75) is 37.6 Å². The quantitative estimate of drug-likeness (QED) is 0.595. The number of aromatic amines is 1. The number of H-pyrrole nitrogens is 1. The molecule has 2 aromatic carbocycles.